The number of nitrogens with two attached hydrogens (primary N) is 1. The van der Waals surface area contributed by atoms with Crippen molar-refractivity contribution >= 4 is 11.8 Å². The predicted octanol–water partition coefficient (Wildman–Crippen LogP) is 4.09. The number of nitrogens with one attached hydrogen (secondary N) is 1. The van der Waals surface area contributed by atoms with Gasteiger partial charge in [0, 0.05) is 17.8 Å². The monoisotopic (exact) mass is 485 g/mol. The maximum Gasteiger partial charge on any atom is 0.254 e. The summed E-state index contributed by atoms with van der Waals surface area (Å²) in [5.74, 6) is 0.600. The molecular weight excluding hydrogens is 454 g/mol. The summed E-state index contributed by atoms with van der Waals surface area (Å²) in [5.41, 5.74) is 8.94. The first-order valence-electron chi connectivity index (χ1n) is 12.4. The molecule has 2 amide bonds. The number of carbonyl (C=O) groups excluding carboxylic acids is 2. The fraction of sp³-hybridized carbons (Fsp3) is 0.345. The van der Waals surface area contributed by atoms with Gasteiger partial charge in [-0.15, -0.1) is 0 Å². The summed E-state index contributed by atoms with van der Waals surface area (Å²) in [4.78, 5) is 28.8. The van der Waals surface area contributed by atoms with Crippen LogP contribution in [0.2, 0.25) is 0 Å². The largest absolute Gasteiger partial charge is 0.497 e. The fourth-order valence-electron chi connectivity index (χ4n) is 5.53. The Labute approximate surface area is 211 Å². The lowest BCUT2D eigenvalue weighted by atomic mass is 9.53. The minimum absolute atomic E-state index is 0.00751. The minimum Gasteiger partial charge on any atom is -0.497 e. The molecule has 2 aromatic carbocycles. The first-order valence-corrected chi connectivity index (χ1v) is 12.4. The van der Waals surface area contributed by atoms with Gasteiger partial charge in [0.1, 0.15) is 17.4 Å². The number of pyridine rings is 1. The highest BCUT2D eigenvalue weighted by Crippen LogP contribution is 2.56. The molecule has 7 heteroatoms. The third-order valence-corrected chi connectivity index (χ3v) is 7.43. The number of methoxy groups -OCH3 is 1. The highest BCUT2D eigenvalue weighted by Gasteiger charge is 2.54. The first-order chi connectivity index (χ1) is 17.4. The number of hydrogen-bond acceptors (Lipinski definition) is 5. The zero-order valence-electron chi connectivity index (χ0n) is 20.4. The molecule has 186 valence electrons. The van der Waals surface area contributed by atoms with Crippen molar-refractivity contribution in [2.24, 2.45) is 11.1 Å². The van der Waals surface area contributed by atoms with Gasteiger partial charge in [-0.1, -0.05) is 30.3 Å². The molecule has 5 rings (SSSR count). The van der Waals surface area contributed by atoms with E-state index in [0.29, 0.717) is 11.4 Å². The molecule has 2 fully saturated rings. The van der Waals surface area contributed by atoms with Crippen LogP contribution in [0.15, 0.2) is 66.9 Å². The van der Waals surface area contributed by atoms with E-state index in [-0.39, 0.29) is 23.5 Å². The Balaban J connectivity index is 1.11. The van der Waals surface area contributed by atoms with Crippen LogP contribution in [0.25, 0.3) is 0 Å². The van der Waals surface area contributed by atoms with E-state index in [1.54, 1.807) is 25.4 Å². The van der Waals surface area contributed by atoms with Crippen LogP contribution < -0.4 is 20.5 Å². The molecule has 0 bridgehead atoms. The van der Waals surface area contributed by atoms with Crippen LogP contribution in [0.5, 0.6) is 11.6 Å². The summed E-state index contributed by atoms with van der Waals surface area (Å²) in [6.45, 7) is 0. The maximum atomic E-state index is 13.1. The Hall–Kier alpha value is -3.87. The van der Waals surface area contributed by atoms with Gasteiger partial charge in [0.05, 0.1) is 7.11 Å². The number of ether oxygens (including phenoxy) is 2. The van der Waals surface area contributed by atoms with Crippen LogP contribution >= 0.6 is 0 Å². The van der Waals surface area contributed by atoms with E-state index < -0.39 is 5.91 Å². The molecule has 0 atom stereocenters. The summed E-state index contributed by atoms with van der Waals surface area (Å²) in [5, 5.41) is 3.23. The molecule has 3 N–H and O–H groups in total. The molecule has 0 aliphatic heterocycles. The van der Waals surface area contributed by atoms with E-state index >= 15 is 0 Å². The highest BCUT2D eigenvalue weighted by molar-refractivity contribution is 5.96. The SMILES string of the molecule is COc1ccc(CCc2ccccc2C(=O)NC2CC3(C2)CC(Oc2ncccc2C(N)=O)C3)cc1. The van der Waals surface area contributed by atoms with E-state index in [1.807, 2.05) is 36.4 Å². The van der Waals surface area contributed by atoms with Crippen molar-refractivity contribution in [3.8, 4) is 11.6 Å². The number of benzene rings is 2. The lowest BCUT2D eigenvalue weighted by molar-refractivity contribution is -0.0848. The lowest BCUT2D eigenvalue weighted by Crippen LogP contribution is -2.58. The second-order valence-electron chi connectivity index (χ2n) is 9.95. The van der Waals surface area contributed by atoms with Crippen LogP contribution in [-0.2, 0) is 12.8 Å². The van der Waals surface area contributed by atoms with Crippen molar-refractivity contribution in [1.82, 2.24) is 10.3 Å². The molecule has 2 saturated carbocycles. The topological polar surface area (TPSA) is 104 Å². The fourth-order valence-corrected chi connectivity index (χ4v) is 5.53. The zero-order valence-corrected chi connectivity index (χ0v) is 20.4. The van der Waals surface area contributed by atoms with Gasteiger partial charge in [-0.05, 0) is 85.4 Å². The van der Waals surface area contributed by atoms with Gasteiger partial charge >= 0.3 is 0 Å². The number of primary amides is 1. The molecule has 1 heterocycles. The molecule has 0 unspecified atom stereocenters. The van der Waals surface area contributed by atoms with Crippen LogP contribution in [-0.4, -0.2) is 36.1 Å². The van der Waals surface area contributed by atoms with E-state index in [4.69, 9.17) is 15.2 Å². The van der Waals surface area contributed by atoms with Gasteiger partial charge in [-0.2, -0.15) is 0 Å². The molecule has 1 spiro atoms. The van der Waals surface area contributed by atoms with Gasteiger partial charge in [-0.25, -0.2) is 4.98 Å². The third-order valence-electron chi connectivity index (χ3n) is 7.43. The third kappa shape index (κ3) is 5.05. The number of aryl methyl sites for hydroxylation is 2. The smallest absolute Gasteiger partial charge is 0.254 e. The van der Waals surface area contributed by atoms with Gasteiger partial charge in [-0.3, -0.25) is 9.59 Å². The standard InChI is InChI=1S/C29H31N3O4/c1-35-22-12-9-19(10-13-22)8-11-20-5-2-3-6-24(20)27(34)32-21-15-29(16-21)17-23(18-29)36-28-25(26(30)33)7-4-14-31-28/h2-7,9-10,12-14,21,23H,8,11,15-18H2,1H3,(H2,30,33)(H,32,34). The molecular formula is C29H31N3O4. The van der Waals surface area contributed by atoms with Crippen LogP contribution in [0.4, 0.5) is 0 Å². The molecule has 7 nitrogen and oxygen atoms in total. The zero-order chi connectivity index (χ0) is 25.1. The lowest BCUT2D eigenvalue weighted by Gasteiger charge is -2.57. The van der Waals surface area contributed by atoms with E-state index in [1.165, 1.54) is 5.56 Å². The number of nitrogens with zero attached hydrogens (tertiary/aromatic N) is 1. The predicted molar refractivity (Wildman–Crippen MR) is 136 cm³/mol. The second-order valence-corrected chi connectivity index (χ2v) is 9.95. The van der Waals surface area contributed by atoms with E-state index in [2.05, 4.69) is 22.4 Å². The summed E-state index contributed by atoms with van der Waals surface area (Å²) in [6.07, 6.45) is 6.95. The Morgan fingerprint density at radius 1 is 0.972 bits per heavy atom. The molecule has 3 aromatic rings. The Morgan fingerprint density at radius 3 is 2.42 bits per heavy atom. The van der Waals surface area contributed by atoms with E-state index in [0.717, 1.165) is 55.4 Å². The second kappa shape index (κ2) is 10.0. The maximum absolute atomic E-state index is 13.1. The van der Waals surface area contributed by atoms with Gasteiger partial charge < -0.3 is 20.5 Å². The number of carbonyl (C=O) groups is 2. The average Bonchev–Trinajstić information content (AvgIpc) is 2.85. The molecule has 2 aliphatic rings. The van der Waals surface area contributed by atoms with Crippen molar-refractivity contribution in [3.63, 3.8) is 0 Å². The Kier molecular flexibility index (Phi) is 6.63. The first kappa shape index (κ1) is 23.9. The van der Waals surface area contributed by atoms with Crippen molar-refractivity contribution < 1.29 is 19.1 Å². The molecule has 0 saturated heterocycles. The minimum atomic E-state index is -0.539. The van der Waals surface area contributed by atoms with Gasteiger partial charge in [0.25, 0.3) is 11.8 Å². The van der Waals surface area contributed by atoms with Crippen molar-refractivity contribution in [1.29, 1.82) is 0 Å². The summed E-state index contributed by atoms with van der Waals surface area (Å²) in [7, 11) is 1.66. The summed E-state index contributed by atoms with van der Waals surface area (Å²) >= 11 is 0. The van der Waals surface area contributed by atoms with Crippen molar-refractivity contribution in [3.05, 3.63) is 89.1 Å². The Bertz CT molecular complexity index is 1240. The average molecular weight is 486 g/mol. The summed E-state index contributed by atoms with van der Waals surface area (Å²) < 4.78 is 11.2. The number of aromatic nitrogens is 1. The van der Waals surface area contributed by atoms with Crippen LogP contribution in [0.1, 0.15) is 57.5 Å². The highest BCUT2D eigenvalue weighted by atomic mass is 16.5. The quantitative estimate of drug-likeness (QED) is 0.475. The van der Waals surface area contributed by atoms with Crippen LogP contribution in [0.3, 0.4) is 0 Å². The van der Waals surface area contributed by atoms with Crippen LogP contribution in [0, 0.1) is 5.41 Å². The Morgan fingerprint density at radius 2 is 1.69 bits per heavy atom. The van der Waals surface area contributed by atoms with E-state index in [9.17, 15) is 9.59 Å². The number of hydrogen-bond donors (Lipinski definition) is 2. The summed E-state index contributed by atoms with van der Waals surface area (Å²) in [6, 6.07) is 19.4. The number of rotatable bonds is 9. The normalized spacial score (nSPS) is 22.2. The molecule has 36 heavy (non-hydrogen) atoms. The number of amides is 2. The molecule has 2 aliphatic carbocycles. The van der Waals surface area contributed by atoms with Crippen molar-refractivity contribution in [2.45, 2.75) is 50.7 Å². The van der Waals surface area contributed by atoms with Gasteiger partial charge in [0.15, 0.2) is 0 Å². The molecule has 0 radical (unpaired) electrons. The van der Waals surface area contributed by atoms with Gasteiger partial charge in [0.2, 0.25) is 5.88 Å². The molecule has 1 aromatic heterocycles. The van der Waals surface area contributed by atoms with Crippen molar-refractivity contribution in [2.75, 3.05) is 7.11 Å².